The van der Waals surface area contributed by atoms with Gasteiger partial charge >= 0.3 is 5.97 Å². The first-order valence-electron chi connectivity index (χ1n) is 10.0. The van der Waals surface area contributed by atoms with Gasteiger partial charge in [0.05, 0.1) is 18.9 Å². The van der Waals surface area contributed by atoms with Gasteiger partial charge < -0.3 is 19.5 Å². The molecule has 0 saturated carbocycles. The molecule has 0 unspecified atom stereocenters. The number of hydrogen-bond acceptors (Lipinski definition) is 6. The van der Waals surface area contributed by atoms with E-state index >= 15 is 0 Å². The van der Waals surface area contributed by atoms with Crippen molar-refractivity contribution in [1.82, 2.24) is 4.98 Å². The number of benzene rings is 2. The summed E-state index contributed by atoms with van der Waals surface area (Å²) in [5.41, 5.74) is 1.17. The van der Waals surface area contributed by atoms with Crippen LogP contribution in [0, 0.1) is 0 Å². The number of nitrogens with zero attached hydrogens (tertiary/aromatic N) is 1. The predicted molar refractivity (Wildman–Crippen MR) is 116 cm³/mol. The molecule has 0 spiro atoms. The standard InChI is InChI=1S/C24H24N2O5/c1-3-29-20-15-9-8-14-19(20)26-22(27)21(17-11-6-5-7-12-17)31-24(28)18-13-10-16-25-23(18)30-4-2/h5-16,21H,3-4H2,1-2H3,(H,26,27)/t21-/m1/s1. The van der Waals surface area contributed by atoms with Crippen LogP contribution < -0.4 is 14.8 Å². The van der Waals surface area contributed by atoms with E-state index in [9.17, 15) is 9.59 Å². The molecule has 7 nitrogen and oxygen atoms in total. The molecule has 31 heavy (non-hydrogen) atoms. The highest BCUT2D eigenvalue weighted by Crippen LogP contribution is 2.28. The Hall–Kier alpha value is -3.87. The SMILES string of the molecule is CCOc1ccccc1NC(=O)[C@H](OC(=O)c1cccnc1OCC)c1ccccc1. The average Bonchev–Trinajstić information content (AvgIpc) is 2.80. The number of hydrogen-bond donors (Lipinski definition) is 1. The third-order valence-electron chi connectivity index (χ3n) is 4.28. The first-order chi connectivity index (χ1) is 15.1. The summed E-state index contributed by atoms with van der Waals surface area (Å²) in [7, 11) is 0. The highest BCUT2D eigenvalue weighted by atomic mass is 16.6. The number of amides is 1. The zero-order valence-corrected chi connectivity index (χ0v) is 17.4. The molecule has 3 aromatic rings. The third-order valence-corrected chi connectivity index (χ3v) is 4.28. The molecule has 0 radical (unpaired) electrons. The molecule has 1 aromatic heterocycles. The van der Waals surface area contributed by atoms with E-state index in [4.69, 9.17) is 14.2 Å². The second kappa shape index (κ2) is 10.8. The maximum Gasteiger partial charge on any atom is 0.344 e. The first-order valence-corrected chi connectivity index (χ1v) is 10.0. The van der Waals surface area contributed by atoms with Gasteiger partial charge in [-0.3, -0.25) is 4.79 Å². The minimum Gasteiger partial charge on any atom is -0.492 e. The van der Waals surface area contributed by atoms with Crippen LogP contribution >= 0.6 is 0 Å². The predicted octanol–water partition coefficient (Wildman–Crippen LogP) is 4.42. The van der Waals surface area contributed by atoms with Crippen LogP contribution in [0.1, 0.15) is 35.9 Å². The number of pyridine rings is 1. The van der Waals surface area contributed by atoms with Gasteiger partial charge in [0.1, 0.15) is 11.3 Å². The molecule has 3 rings (SSSR count). The number of carbonyl (C=O) groups excluding carboxylic acids is 2. The monoisotopic (exact) mass is 420 g/mol. The lowest BCUT2D eigenvalue weighted by Gasteiger charge is -2.19. The van der Waals surface area contributed by atoms with Crippen molar-refractivity contribution < 1.29 is 23.8 Å². The van der Waals surface area contributed by atoms with Crippen LogP contribution in [0.2, 0.25) is 0 Å². The van der Waals surface area contributed by atoms with E-state index in [2.05, 4.69) is 10.3 Å². The van der Waals surface area contributed by atoms with Crippen LogP contribution in [-0.4, -0.2) is 30.1 Å². The number of ether oxygens (including phenoxy) is 3. The van der Waals surface area contributed by atoms with Crippen LogP contribution in [0.15, 0.2) is 72.9 Å². The van der Waals surface area contributed by atoms with Crippen molar-refractivity contribution in [3.05, 3.63) is 84.1 Å². The van der Waals surface area contributed by atoms with Gasteiger partial charge in [-0.15, -0.1) is 0 Å². The Kier molecular flexibility index (Phi) is 7.59. The highest BCUT2D eigenvalue weighted by Gasteiger charge is 2.28. The van der Waals surface area contributed by atoms with Crippen molar-refractivity contribution in [2.75, 3.05) is 18.5 Å². The Balaban J connectivity index is 1.88. The Bertz CT molecular complexity index is 1020. The van der Waals surface area contributed by atoms with Crippen LogP contribution in [0.5, 0.6) is 11.6 Å². The van der Waals surface area contributed by atoms with Crippen molar-refractivity contribution in [2.45, 2.75) is 20.0 Å². The number of nitrogens with one attached hydrogen (secondary N) is 1. The molecule has 1 amide bonds. The maximum atomic E-state index is 13.2. The molecule has 160 valence electrons. The number of esters is 1. The molecule has 7 heteroatoms. The molecule has 0 fully saturated rings. The van der Waals surface area contributed by atoms with Gasteiger partial charge in [-0.05, 0) is 38.1 Å². The molecule has 1 heterocycles. The molecular weight excluding hydrogens is 396 g/mol. The summed E-state index contributed by atoms with van der Waals surface area (Å²) in [5, 5.41) is 2.80. The second-order valence-corrected chi connectivity index (χ2v) is 6.40. The third kappa shape index (κ3) is 5.60. The van der Waals surface area contributed by atoms with E-state index in [0.717, 1.165) is 0 Å². The van der Waals surface area contributed by atoms with Crippen LogP contribution in [0.4, 0.5) is 5.69 Å². The topological polar surface area (TPSA) is 86.8 Å². The Morgan fingerprint density at radius 2 is 1.61 bits per heavy atom. The minimum absolute atomic E-state index is 0.146. The number of aromatic nitrogens is 1. The zero-order chi connectivity index (χ0) is 22.1. The van der Waals surface area contributed by atoms with Crippen molar-refractivity contribution in [3.8, 4) is 11.6 Å². The summed E-state index contributed by atoms with van der Waals surface area (Å²) >= 11 is 0. The van der Waals surface area contributed by atoms with Crippen molar-refractivity contribution in [1.29, 1.82) is 0 Å². The van der Waals surface area contributed by atoms with Crippen molar-refractivity contribution in [3.63, 3.8) is 0 Å². The molecule has 0 aliphatic heterocycles. The lowest BCUT2D eigenvalue weighted by atomic mass is 10.1. The van der Waals surface area contributed by atoms with Crippen LogP contribution in [-0.2, 0) is 9.53 Å². The summed E-state index contributed by atoms with van der Waals surface area (Å²) < 4.78 is 16.6. The average molecular weight is 420 g/mol. The van der Waals surface area contributed by atoms with Crippen molar-refractivity contribution >= 4 is 17.6 Å². The fourth-order valence-electron chi connectivity index (χ4n) is 2.92. The lowest BCUT2D eigenvalue weighted by Crippen LogP contribution is -2.26. The fraction of sp³-hybridized carbons (Fsp3) is 0.208. The first kappa shape index (κ1) is 21.8. The quantitative estimate of drug-likeness (QED) is 0.516. The number of carbonyl (C=O) groups is 2. The molecule has 2 aromatic carbocycles. The van der Waals surface area contributed by atoms with E-state index in [0.29, 0.717) is 30.2 Å². The number of rotatable bonds is 9. The smallest absolute Gasteiger partial charge is 0.344 e. The summed E-state index contributed by atoms with van der Waals surface area (Å²) in [4.78, 5) is 30.1. The minimum atomic E-state index is -1.18. The summed E-state index contributed by atoms with van der Waals surface area (Å²) in [6.07, 6.45) is 0.339. The van der Waals surface area contributed by atoms with E-state index < -0.39 is 18.0 Å². The Labute approximate surface area is 181 Å². The molecule has 0 bridgehead atoms. The van der Waals surface area contributed by atoms with Crippen molar-refractivity contribution in [2.24, 2.45) is 0 Å². The van der Waals surface area contributed by atoms with Crippen LogP contribution in [0.25, 0.3) is 0 Å². The van der Waals surface area contributed by atoms with E-state index in [-0.39, 0.29) is 11.4 Å². The van der Waals surface area contributed by atoms with E-state index in [1.807, 2.05) is 19.1 Å². The van der Waals surface area contributed by atoms with Crippen LogP contribution in [0.3, 0.4) is 0 Å². The lowest BCUT2D eigenvalue weighted by molar-refractivity contribution is -0.125. The van der Waals surface area contributed by atoms with Gasteiger partial charge in [-0.25, -0.2) is 9.78 Å². The Morgan fingerprint density at radius 3 is 2.35 bits per heavy atom. The molecule has 0 saturated heterocycles. The molecule has 1 N–H and O–H groups in total. The van der Waals surface area contributed by atoms with Gasteiger partial charge in [0, 0.05) is 11.8 Å². The normalized spacial score (nSPS) is 11.3. The van der Waals surface area contributed by atoms with Gasteiger partial charge in [-0.2, -0.15) is 0 Å². The number of anilines is 1. The van der Waals surface area contributed by atoms with E-state index in [1.54, 1.807) is 61.5 Å². The summed E-state index contributed by atoms with van der Waals surface area (Å²) in [6.45, 7) is 4.44. The van der Waals surface area contributed by atoms with Gasteiger partial charge in [0.15, 0.2) is 0 Å². The Morgan fingerprint density at radius 1 is 0.903 bits per heavy atom. The fourth-order valence-corrected chi connectivity index (χ4v) is 2.92. The molecular formula is C24H24N2O5. The zero-order valence-electron chi connectivity index (χ0n) is 17.4. The summed E-state index contributed by atoms with van der Waals surface area (Å²) in [5.74, 6) is -0.529. The number of para-hydroxylation sites is 2. The van der Waals surface area contributed by atoms with E-state index in [1.165, 1.54) is 6.20 Å². The summed E-state index contributed by atoms with van der Waals surface area (Å²) in [6, 6.07) is 19.0. The molecule has 0 aliphatic rings. The van der Waals surface area contributed by atoms with Gasteiger partial charge in [0.25, 0.3) is 5.91 Å². The van der Waals surface area contributed by atoms with Gasteiger partial charge in [-0.1, -0.05) is 42.5 Å². The maximum absolute atomic E-state index is 13.2. The second-order valence-electron chi connectivity index (χ2n) is 6.40. The largest absolute Gasteiger partial charge is 0.492 e. The highest BCUT2D eigenvalue weighted by molar-refractivity contribution is 5.99. The van der Waals surface area contributed by atoms with Gasteiger partial charge in [0.2, 0.25) is 12.0 Å². The molecule has 1 atom stereocenters. The molecule has 0 aliphatic carbocycles.